The van der Waals surface area contributed by atoms with Gasteiger partial charge in [0.1, 0.15) is 11.5 Å². The molecule has 5 heteroatoms. The SMILES string of the molecule is C=COc1cc(CCCCC)cc(OC(=O)NCCCO)c1C1C=C(C)CCC1.CC. The summed E-state index contributed by atoms with van der Waals surface area (Å²) in [6.07, 6.45) is 11.1. The Balaban J connectivity index is 0.00000233. The number of ether oxygens (including phenoxy) is 2. The summed E-state index contributed by atoms with van der Waals surface area (Å²) in [6, 6.07) is 4.03. The van der Waals surface area contributed by atoms with Gasteiger partial charge in [-0.15, -0.1) is 0 Å². The lowest BCUT2D eigenvalue weighted by molar-refractivity contribution is 0.198. The molecule has 0 heterocycles. The molecule has 0 radical (unpaired) electrons. The number of aliphatic hydroxyl groups excluding tert-OH is 1. The number of benzene rings is 1. The van der Waals surface area contributed by atoms with Crippen molar-refractivity contribution in [3.8, 4) is 11.5 Å². The highest BCUT2D eigenvalue weighted by atomic mass is 16.6. The van der Waals surface area contributed by atoms with Crippen molar-refractivity contribution in [2.24, 2.45) is 0 Å². The maximum absolute atomic E-state index is 12.3. The lowest BCUT2D eigenvalue weighted by atomic mass is 9.84. The van der Waals surface area contributed by atoms with Crippen LogP contribution in [-0.4, -0.2) is 24.4 Å². The largest absolute Gasteiger partial charge is 0.465 e. The third kappa shape index (κ3) is 9.18. The van der Waals surface area contributed by atoms with E-state index in [2.05, 4.69) is 37.9 Å². The fourth-order valence-corrected chi connectivity index (χ4v) is 3.76. The first kappa shape index (κ1) is 26.8. The Labute approximate surface area is 188 Å². The van der Waals surface area contributed by atoms with Crippen LogP contribution in [0.1, 0.15) is 89.7 Å². The summed E-state index contributed by atoms with van der Waals surface area (Å²) in [5.74, 6) is 1.40. The second kappa shape index (κ2) is 15.5. The molecule has 5 nitrogen and oxygen atoms in total. The predicted octanol–water partition coefficient (Wildman–Crippen LogP) is 6.65. The van der Waals surface area contributed by atoms with Crippen LogP contribution in [0.15, 0.2) is 36.6 Å². The topological polar surface area (TPSA) is 67.8 Å². The predicted molar refractivity (Wildman–Crippen MR) is 128 cm³/mol. The van der Waals surface area contributed by atoms with Gasteiger partial charge < -0.3 is 19.9 Å². The minimum atomic E-state index is -0.508. The van der Waals surface area contributed by atoms with Crippen molar-refractivity contribution >= 4 is 6.09 Å². The zero-order chi connectivity index (χ0) is 23.1. The Morgan fingerprint density at radius 1 is 1.26 bits per heavy atom. The average Bonchev–Trinajstić information content (AvgIpc) is 2.76. The van der Waals surface area contributed by atoms with Gasteiger partial charge in [-0.2, -0.15) is 0 Å². The van der Waals surface area contributed by atoms with Crippen molar-refractivity contribution in [1.29, 1.82) is 0 Å². The minimum Gasteiger partial charge on any atom is -0.465 e. The van der Waals surface area contributed by atoms with E-state index in [0.29, 0.717) is 24.5 Å². The average molecular weight is 432 g/mol. The first-order chi connectivity index (χ1) is 15.1. The van der Waals surface area contributed by atoms with E-state index in [-0.39, 0.29) is 12.5 Å². The van der Waals surface area contributed by atoms with Gasteiger partial charge in [0.25, 0.3) is 0 Å². The molecular formula is C26H41NO4. The molecule has 2 rings (SSSR count). The summed E-state index contributed by atoms with van der Waals surface area (Å²) >= 11 is 0. The van der Waals surface area contributed by atoms with Crippen LogP contribution in [0.4, 0.5) is 4.79 Å². The molecule has 0 fully saturated rings. The van der Waals surface area contributed by atoms with Crippen LogP contribution in [-0.2, 0) is 6.42 Å². The number of amides is 1. The quantitative estimate of drug-likeness (QED) is 0.234. The smallest absolute Gasteiger partial charge is 0.412 e. The number of nitrogens with one attached hydrogen (secondary N) is 1. The summed E-state index contributed by atoms with van der Waals surface area (Å²) in [5, 5.41) is 11.6. The molecule has 2 N–H and O–H groups in total. The molecule has 1 amide bonds. The van der Waals surface area contributed by atoms with E-state index in [9.17, 15) is 4.79 Å². The molecule has 1 aromatic rings. The number of carbonyl (C=O) groups excluding carboxylic acids is 1. The van der Waals surface area contributed by atoms with Gasteiger partial charge in [0.15, 0.2) is 0 Å². The van der Waals surface area contributed by atoms with Gasteiger partial charge in [-0.3, -0.25) is 0 Å². The zero-order valence-electron chi connectivity index (χ0n) is 19.8. The van der Waals surface area contributed by atoms with Crippen LogP contribution in [0.3, 0.4) is 0 Å². The van der Waals surface area contributed by atoms with Crippen LogP contribution in [0.25, 0.3) is 0 Å². The Morgan fingerprint density at radius 3 is 2.65 bits per heavy atom. The fraction of sp³-hybridized carbons (Fsp3) is 0.577. The number of aryl methyl sites for hydroxylation is 1. The van der Waals surface area contributed by atoms with E-state index >= 15 is 0 Å². The van der Waals surface area contributed by atoms with Crippen LogP contribution < -0.4 is 14.8 Å². The molecule has 1 unspecified atom stereocenters. The summed E-state index contributed by atoms with van der Waals surface area (Å²) in [4.78, 5) is 12.3. The second-order valence-corrected chi connectivity index (χ2v) is 7.65. The molecule has 1 aliphatic rings. The van der Waals surface area contributed by atoms with E-state index in [4.69, 9.17) is 14.6 Å². The summed E-state index contributed by atoms with van der Waals surface area (Å²) in [5.41, 5.74) is 3.34. The van der Waals surface area contributed by atoms with E-state index in [1.54, 1.807) is 0 Å². The molecule has 174 valence electrons. The first-order valence-corrected chi connectivity index (χ1v) is 11.8. The number of unbranched alkanes of at least 4 members (excludes halogenated alkanes) is 2. The first-order valence-electron chi connectivity index (χ1n) is 11.8. The monoisotopic (exact) mass is 431 g/mol. The normalized spacial score (nSPS) is 15.3. The second-order valence-electron chi connectivity index (χ2n) is 7.65. The third-order valence-corrected chi connectivity index (χ3v) is 5.19. The van der Waals surface area contributed by atoms with Gasteiger partial charge >= 0.3 is 6.09 Å². The van der Waals surface area contributed by atoms with Crippen molar-refractivity contribution in [3.05, 3.63) is 47.7 Å². The molecule has 0 saturated carbocycles. The van der Waals surface area contributed by atoms with E-state index < -0.39 is 6.09 Å². The third-order valence-electron chi connectivity index (χ3n) is 5.19. The van der Waals surface area contributed by atoms with Crippen molar-refractivity contribution in [2.45, 2.75) is 85.0 Å². The maximum atomic E-state index is 12.3. The molecule has 0 bridgehead atoms. The van der Waals surface area contributed by atoms with Crippen LogP contribution in [0, 0.1) is 0 Å². The zero-order valence-corrected chi connectivity index (χ0v) is 19.8. The number of hydrogen-bond donors (Lipinski definition) is 2. The van der Waals surface area contributed by atoms with Gasteiger partial charge in [-0.1, -0.05) is 51.8 Å². The van der Waals surface area contributed by atoms with Crippen molar-refractivity contribution in [3.63, 3.8) is 0 Å². The van der Waals surface area contributed by atoms with Crippen LogP contribution in [0.5, 0.6) is 11.5 Å². The van der Waals surface area contributed by atoms with Gasteiger partial charge in [0.05, 0.1) is 6.26 Å². The number of hydrogen-bond acceptors (Lipinski definition) is 4. The van der Waals surface area contributed by atoms with Crippen LogP contribution in [0.2, 0.25) is 0 Å². The molecule has 0 saturated heterocycles. The lowest BCUT2D eigenvalue weighted by Crippen LogP contribution is -2.28. The number of aliphatic hydroxyl groups is 1. The Hall–Kier alpha value is -2.27. The number of carbonyl (C=O) groups is 1. The molecule has 1 atom stereocenters. The highest BCUT2D eigenvalue weighted by molar-refractivity contribution is 5.72. The van der Waals surface area contributed by atoms with Crippen molar-refractivity contribution < 1.29 is 19.4 Å². The molecule has 0 aliphatic heterocycles. The van der Waals surface area contributed by atoms with Crippen molar-refractivity contribution in [1.82, 2.24) is 5.32 Å². The van der Waals surface area contributed by atoms with E-state index in [1.165, 1.54) is 11.8 Å². The Bertz CT molecular complexity index is 712. The van der Waals surface area contributed by atoms with Gasteiger partial charge in [-0.25, -0.2) is 4.79 Å². The van der Waals surface area contributed by atoms with Gasteiger partial charge in [-0.05, 0) is 63.1 Å². The number of allylic oxidation sites excluding steroid dienone is 2. The lowest BCUT2D eigenvalue weighted by Gasteiger charge is -2.25. The highest BCUT2D eigenvalue weighted by Gasteiger charge is 2.24. The van der Waals surface area contributed by atoms with Gasteiger partial charge in [0, 0.05) is 24.6 Å². The minimum absolute atomic E-state index is 0.0297. The Morgan fingerprint density at radius 2 is 2.00 bits per heavy atom. The van der Waals surface area contributed by atoms with Gasteiger partial charge in [0.2, 0.25) is 0 Å². The summed E-state index contributed by atoms with van der Waals surface area (Å²) in [6.45, 7) is 12.4. The molecule has 1 aliphatic carbocycles. The molecular weight excluding hydrogens is 390 g/mol. The summed E-state index contributed by atoms with van der Waals surface area (Å²) in [7, 11) is 0. The van der Waals surface area contributed by atoms with Crippen molar-refractivity contribution in [2.75, 3.05) is 13.2 Å². The molecule has 1 aromatic carbocycles. The number of rotatable bonds is 11. The van der Waals surface area contributed by atoms with E-state index in [1.807, 2.05) is 19.9 Å². The van der Waals surface area contributed by atoms with E-state index in [0.717, 1.165) is 56.1 Å². The molecule has 0 aromatic heterocycles. The standard InChI is InChI=1S/C24H35NO4.C2H6/c1-4-6-7-11-19-16-21(28-5-2)23(20-12-8-10-18(3)15-20)22(17-19)29-24(27)25-13-9-14-26;1-2/h5,15-17,20,26H,2,4,6-14H2,1,3H3,(H,25,27);1-2H3. The molecule has 0 spiro atoms. The summed E-state index contributed by atoms with van der Waals surface area (Å²) < 4.78 is 11.5. The van der Waals surface area contributed by atoms with Crippen LogP contribution >= 0.6 is 0 Å². The fourth-order valence-electron chi connectivity index (χ4n) is 3.76. The molecule has 31 heavy (non-hydrogen) atoms. The highest BCUT2D eigenvalue weighted by Crippen LogP contribution is 2.43. The maximum Gasteiger partial charge on any atom is 0.412 e. The Kier molecular flexibility index (Phi) is 13.4.